The van der Waals surface area contributed by atoms with Gasteiger partial charge in [0.05, 0.1) is 16.7 Å². The maximum absolute atomic E-state index is 13.9. The van der Waals surface area contributed by atoms with E-state index in [1.54, 1.807) is 13.0 Å². The van der Waals surface area contributed by atoms with Gasteiger partial charge in [-0.3, -0.25) is 4.57 Å². The third kappa shape index (κ3) is 2.17. The normalized spacial score (nSPS) is 11.5. The van der Waals surface area contributed by atoms with Gasteiger partial charge >= 0.3 is 0 Å². The van der Waals surface area contributed by atoms with E-state index in [-0.39, 0.29) is 11.7 Å². The van der Waals surface area contributed by atoms with E-state index in [4.69, 9.17) is 5.73 Å². The molecule has 0 atom stereocenters. The van der Waals surface area contributed by atoms with Crippen molar-refractivity contribution in [3.8, 4) is 5.69 Å². The molecule has 4 heteroatoms. The number of aromatic nitrogens is 2. The van der Waals surface area contributed by atoms with Crippen LogP contribution in [0.3, 0.4) is 0 Å². The van der Waals surface area contributed by atoms with Crippen molar-refractivity contribution in [1.29, 1.82) is 0 Å². The molecule has 0 saturated carbocycles. The third-order valence-corrected chi connectivity index (χ3v) is 3.70. The van der Waals surface area contributed by atoms with Gasteiger partial charge in [-0.2, -0.15) is 0 Å². The molecule has 0 spiro atoms. The van der Waals surface area contributed by atoms with E-state index in [2.05, 4.69) is 18.8 Å². The molecule has 0 fully saturated rings. The standard InChI is InChI=1S/C17H18FN3/c1-10(2)17-20-14-9-12(19)7-8-16(14)21(17)15-6-4-5-13(18)11(15)3/h4-10H,19H2,1-3H3. The number of anilines is 1. The van der Waals surface area contributed by atoms with E-state index in [9.17, 15) is 4.39 Å². The molecule has 0 saturated heterocycles. The van der Waals surface area contributed by atoms with Crippen LogP contribution in [0, 0.1) is 12.7 Å². The topological polar surface area (TPSA) is 43.8 Å². The third-order valence-electron chi connectivity index (χ3n) is 3.70. The molecule has 0 radical (unpaired) electrons. The molecule has 0 aliphatic carbocycles. The number of benzene rings is 2. The van der Waals surface area contributed by atoms with Gasteiger partial charge in [-0.1, -0.05) is 19.9 Å². The van der Waals surface area contributed by atoms with E-state index in [0.717, 1.165) is 22.5 Å². The highest BCUT2D eigenvalue weighted by atomic mass is 19.1. The fraction of sp³-hybridized carbons (Fsp3) is 0.235. The number of hydrogen-bond donors (Lipinski definition) is 1. The molecule has 0 unspecified atom stereocenters. The minimum atomic E-state index is -0.209. The van der Waals surface area contributed by atoms with Crippen LogP contribution in [0.5, 0.6) is 0 Å². The highest BCUT2D eigenvalue weighted by molar-refractivity contribution is 5.82. The van der Waals surface area contributed by atoms with E-state index < -0.39 is 0 Å². The second-order valence-corrected chi connectivity index (χ2v) is 5.59. The molecule has 108 valence electrons. The van der Waals surface area contributed by atoms with E-state index in [0.29, 0.717) is 11.3 Å². The summed E-state index contributed by atoms with van der Waals surface area (Å²) in [7, 11) is 0. The summed E-state index contributed by atoms with van der Waals surface area (Å²) < 4.78 is 15.9. The van der Waals surface area contributed by atoms with Crippen LogP contribution in [0.4, 0.5) is 10.1 Å². The summed E-state index contributed by atoms with van der Waals surface area (Å²) in [5.74, 6) is 0.921. The number of nitrogen functional groups attached to an aromatic ring is 1. The second kappa shape index (κ2) is 4.88. The zero-order valence-corrected chi connectivity index (χ0v) is 12.4. The molecule has 0 bridgehead atoms. The van der Waals surface area contributed by atoms with Crippen molar-refractivity contribution in [2.24, 2.45) is 0 Å². The molecule has 0 aliphatic rings. The van der Waals surface area contributed by atoms with Crippen LogP contribution < -0.4 is 5.73 Å². The minimum absolute atomic E-state index is 0.209. The zero-order valence-electron chi connectivity index (χ0n) is 12.4. The van der Waals surface area contributed by atoms with Gasteiger partial charge in [0.15, 0.2) is 0 Å². The van der Waals surface area contributed by atoms with Crippen molar-refractivity contribution in [2.45, 2.75) is 26.7 Å². The predicted molar refractivity (Wildman–Crippen MR) is 84.3 cm³/mol. The van der Waals surface area contributed by atoms with Gasteiger partial charge in [-0.15, -0.1) is 0 Å². The number of nitrogens with two attached hydrogens (primary N) is 1. The van der Waals surface area contributed by atoms with Gasteiger partial charge < -0.3 is 5.73 Å². The number of halogens is 1. The first-order chi connectivity index (χ1) is 9.99. The molecule has 3 rings (SSSR count). The van der Waals surface area contributed by atoms with Crippen LogP contribution in [0.2, 0.25) is 0 Å². The maximum atomic E-state index is 13.9. The molecule has 3 nitrogen and oxygen atoms in total. The van der Waals surface area contributed by atoms with Gasteiger partial charge in [-0.25, -0.2) is 9.37 Å². The Balaban J connectivity index is 2.39. The molecular formula is C17H18FN3. The molecule has 0 amide bonds. The average molecular weight is 283 g/mol. The number of imidazole rings is 1. The van der Waals surface area contributed by atoms with E-state index in [1.165, 1.54) is 6.07 Å². The Labute approximate surface area is 123 Å². The fourth-order valence-corrected chi connectivity index (χ4v) is 2.59. The van der Waals surface area contributed by atoms with Crippen LogP contribution in [-0.2, 0) is 0 Å². The summed E-state index contributed by atoms with van der Waals surface area (Å²) >= 11 is 0. The van der Waals surface area contributed by atoms with Crippen LogP contribution in [0.15, 0.2) is 36.4 Å². The number of hydrogen-bond acceptors (Lipinski definition) is 2. The Morgan fingerprint density at radius 1 is 1.19 bits per heavy atom. The maximum Gasteiger partial charge on any atom is 0.128 e. The first kappa shape index (κ1) is 13.6. The molecule has 1 aromatic heterocycles. The van der Waals surface area contributed by atoms with Crippen molar-refractivity contribution in [1.82, 2.24) is 9.55 Å². The number of nitrogens with zero attached hydrogens (tertiary/aromatic N) is 2. The number of fused-ring (bicyclic) bond motifs is 1. The van der Waals surface area contributed by atoms with Crippen molar-refractivity contribution in [2.75, 3.05) is 5.73 Å². The molecule has 2 aromatic carbocycles. The van der Waals surface area contributed by atoms with Gasteiger partial charge in [-0.05, 0) is 37.3 Å². The summed E-state index contributed by atoms with van der Waals surface area (Å²) in [6.07, 6.45) is 0. The Kier molecular flexibility index (Phi) is 3.16. The fourth-order valence-electron chi connectivity index (χ4n) is 2.59. The van der Waals surface area contributed by atoms with E-state index >= 15 is 0 Å². The second-order valence-electron chi connectivity index (χ2n) is 5.59. The first-order valence-corrected chi connectivity index (χ1v) is 7.02. The Hall–Kier alpha value is -2.36. The summed E-state index contributed by atoms with van der Waals surface area (Å²) in [5, 5.41) is 0. The highest BCUT2D eigenvalue weighted by Crippen LogP contribution is 2.29. The number of rotatable bonds is 2. The lowest BCUT2D eigenvalue weighted by atomic mass is 10.1. The highest BCUT2D eigenvalue weighted by Gasteiger charge is 2.17. The summed E-state index contributed by atoms with van der Waals surface area (Å²) in [4.78, 5) is 4.68. The summed E-state index contributed by atoms with van der Waals surface area (Å²) in [5.41, 5.74) is 9.75. The van der Waals surface area contributed by atoms with Crippen LogP contribution in [0.25, 0.3) is 16.7 Å². The molecule has 21 heavy (non-hydrogen) atoms. The van der Waals surface area contributed by atoms with Crippen LogP contribution >= 0.6 is 0 Å². The van der Waals surface area contributed by atoms with Crippen molar-refractivity contribution in [3.63, 3.8) is 0 Å². The Bertz CT molecular complexity index is 818. The van der Waals surface area contributed by atoms with Crippen molar-refractivity contribution in [3.05, 3.63) is 53.6 Å². The molecule has 1 heterocycles. The summed E-state index contributed by atoms with van der Waals surface area (Å²) in [6.45, 7) is 5.95. The quantitative estimate of drug-likeness (QED) is 0.717. The Morgan fingerprint density at radius 2 is 1.95 bits per heavy atom. The zero-order chi connectivity index (χ0) is 15.1. The van der Waals surface area contributed by atoms with Crippen LogP contribution in [0.1, 0.15) is 31.2 Å². The monoisotopic (exact) mass is 283 g/mol. The summed E-state index contributed by atoms with van der Waals surface area (Å²) in [6, 6.07) is 10.8. The molecule has 3 aromatic rings. The smallest absolute Gasteiger partial charge is 0.128 e. The Morgan fingerprint density at radius 3 is 2.67 bits per heavy atom. The van der Waals surface area contributed by atoms with Gasteiger partial charge in [0.25, 0.3) is 0 Å². The first-order valence-electron chi connectivity index (χ1n) is 7.02. The molecule has 2 N–H and O–H groups in total. The molecule has 0 aliphatic heterocycles. The minimum Gasteiger partial charge on any atom is -0.399 e. The predicted octanol–water partition coefficient (Wildman–Crippen LogP) is 4.18. The largest absolute Gasteiger partial charge is 0.399 e. The lowest BCUT2D eigenvalue weighted by Gasteiger charge is -2.14. The van der Waals surface area contributed by atoms with Gasteiger partial charge in [0, 0.05) is 17.2 Å². The van der Waals surface area contributed by atoms with Gasteiger partial charge in [0.1, 0.15) is 11.6 Å². The van der Waals surface area contributed by atoms with Crippen molar-refractivity contribution >= 4 is 16.7 Å². The lowest BCUT2D eigenvalue weighted by molar-refractivity contribution is 0.616. The van der Waals surface area contributed by atoms with Crippen molar-refractivity contribution < 1.29 is 4.39 Å². The van der Waals surface area contributed by atoms with E-state index in [1.807, 2.05) is 28.8 Å². The SMILES string of the molecule is Cc1c(F)cccc1-n1c(C(C)C)nc2cc(N)ccc21. The van der Waals surface area contributed by atoms with Gasteiger partial charge in [0.2, 0.25) is 0 Å². The average Bonchev–Trinajstić information content (AvgIpc) is 2.80. The molecular weight excluding hydrogens is 265 g/mol. The lowest BCUT2D eigenvalue weighted by Crippen LogP contribution is -2.05. The van der Waals surface area contributed by atoms with Crippen LogP contribution in [-0.4, -0.2) is 9.55 Å².